The number of amides is 2. The first kappa shape index (κ1) is 14.4. The summed E-state index contributed by atoms with van der Waals surface area (Å²) in [6.07, 6.45) is 11.6. The predicted molar refractivity (Wildman–Crippen MR) is 82.0 cm³/mol. The van der Waals surface area contributed by atoms with E-state index in [0.29, 0.717) is 18.0 Å². The minimum atomic E-state index is 0.207. The van der Waals surface area contributed by atoms with Crippen molar-refractivity contribution in [1.82, 2.24) is 19.4 Å². The van der Waals surface area contributed by atoms with Crippen molar-refractivity contribution in [3.8, 4) is 0 Å². The second kappa shape index (κ2) is 6.08. The van der Waals surface area contributed by atoms with E-state index in [4.69, 9.17) is 0 Å². The zero-order valence-corrected chi connectivity index (χ0v) is 13.1. The highest BCUT2D eigenvalue weighted by Crippen LogP contribution is 2.29. The minimum absolute atomic E-state index is 0.207. The normalized spacial score (nSPS) is 27.0. The molecule has 0 bridgehead atoms. The van der Waals surface area contributed by atoms with E-state index in [0.717, 1.165) is 32.4 Å². The molecule has 2 aliphatic rings. The summed E-state index contributed by atoms with van der Waals surface area (Å²) < 4.78 is 2.15. The lowest BCUT2D eigenvalue weighted by Gasteiger charge is -2.40. The van der Waals surface area contributed by atoms with E-state index in [2.05, 4.69) is 16.5 Å². The van der Waals surface area contributed by atoms with Gasteiger partial charge in [0.05, 0.1) is 12.4 Å². The number of hydrogen-bond acceptors (Lipinski definition) is 2. The molecule has 5 nitrogen and oxygen atoms in total. The summed E-state index contributed by atoms with van der Waals surface area (Å²) in [7, 11) is 1.97. The van der Waals surface area contributed by atoms with Crippen LogP contribution in [0.5, 0.6) is 0 Å². The molecule has 5 heteroatoms. The molecule has 2 fully saturated rings. The molecule has 1 saturated carbocycles. The van der Waals surface area contributed by atoms with Gasteiger partial charge in [-0.3, -0.25) is 0 Å². The topological polar surface area (TPSA) is 41.4 Å². The van der Waals surface area contributed by atoms with Crippen LogP contribution < -0.4 is 0 Å². The van der Waals surface area contributed by atoms with Gasteiger partial charge in [0.25, 0.3) is 0 Å². The smallest absolute Gasteiger partial charge is 0.320 e. The van der Waals surface area contributed by atoms with E-state index < -0.39 is 0 Å². The number of rotatable bonds is 2. The lowest BCUT2D eigenvalue weighted by atomic mass is 9.93. The summed E-state index contributed by atoms with van der Waals surface area (Å²) in [4.78, 5) is 20.9. The average molecular weight is 290 g/mol. The molecule has 0 N–H and O–H groups in total. The monoisotopic (exact) mass is 290 g/mol. The molecule has 3 rings (SSSR count). The molecule has 0 aromatic carbocycles. The Morgan fingerprint density at radius 1 is 1.29 bits per heavy atom. The van der Waals surface area contributed by atoms with Crippen LogP contribution in [0, 0.1) is 5.92 Å². The molecule has 1 aromatic rings. The summed E-state index contributed by atoms with van der Waals surface area (Å²) in [5.74, 6) is 0.583. The molecular weight excluding hydrogens is 264 g/mol. The Morgan fingerprint density at radius 3 is 2.71 bits per heavy atom. The molecule has 2 amide bonds. The van der Waals surface area contributed by atoms with Gasteiger partial charge in [0.1, 0.15) is 0 Å². The first-order valence-corrected chi connectivity index (χ1v) is 8.16. The molecule has 1 saturated heterocycles. The lowest BCUT2D eigenvalue weighted by Crippen LogP contribution is -2.50. The minimum Gasteiger partial charge on any atom is -0.332 e. The Hall–Kier alpha value is -1.52. The summed E-state index contributed by atoms with van der Waals surface area (Å²) in [5.41, 5.74) is 0. The molecule has 116 valence electrons. The number of aromatic nitrogens is 2. The van der Waals surface area contributed by atoms with Crippen LogP contribution in [0.2, 0.25) is 0 Å². The molecule has 0 unspecified atom stereocenters. The van der Waals surface area contributed by atoms with Crippen molar-refractivity contribution in [2.45, 2.75) is 51.1 Å². The standard InChI is InChI=1S/C16H26N4O/c1-13-7-9-19(11-15(13)20-10-8-17-12-20)16(21)18(2)14-5-3-4-6-14/h8,10,12-15H,3-7,9,11H2,1-2H3/t13-,15-/m1/s1. The van der Waals surface area contributed by atoms with Gasteiger partial charge >= 0.3 is 6.03 Å². The first-order chi connectivity index (χ1) is 10.2. The van der Waals surface area contributed by atoms with Crippen molar-refractivity contribution in [2.24, 2.45) is 5.92 Å². The van der Waals surface area contributed by atoms with E-state index >= 15 is 0 Å². The maximum Gasteiger partial charge on any atom is 0.320 e. The van der Waals surface area contributed by atoms with Crippen LogP contribution in [-0.4, -0.2) is 51.6 Å². The summed E-state index contributed by atoms with van der Waals surface area (Å²) in [6, 6.07) is 1.00. The summed E-state index contributed by atoms with van der Waals surface area (Å²) in [5, 5.41) is 0. The Balaban J connectivity index is 1.66. The van der Waals surface area contributed by atoms with Gasteiger partial charge in [-0.1, -0.05) is 19.8 Å². The summed E-state index contributed by atoms with van der Waals surface area (Å²) in [6.45, 7) is 3.95. The number of carbonyl (C=O) groups excluding carboxylic acids is 1. The quantitative estimate of drug-likeness (QED) is 0.840. The van der Waals surface area contributed by atoms with Crippen LogP contribution in [0.25, 0.3) is 0 Å². The van der Waals surface area contributed by atoms with Crippen LogP contribution in [0.4, 0.5) is 4.79 Å². The van der Waals surface area contributed by atoms with Gasteiger partial charge in [0.2, 0.25) is 0 Å². The van der Waals surface area contributed by atoms with Crippen LogP contribution in [0.1, 0.15) is 45.1 Å². The lowest BCUT2D eigenvalue weighted by molar-refractivity contribution is 0.107. The van der Waals surface area contributed by atoms with Gasteiger partial charge in [-0.15, -0.1) is 0 Å². The van der Waals surface area contributed by atoms with Gasteiger partial charge in [-0.25, -0.2) is 9.78 Å². The van der Waals surface area contributed by atoms with Crippen LogP contribution in [0.3, 0.4) is 0 Å². The van der Waals surface area contributed by atoms with Gasteiger partial charge in [0, 0.05) is 38.6 Å². The van der Waals surface area contributed by atoms with Gasteiger partial charge in [-0.05, 0) is 25.2 Å². The van der Waals surface area contributed by atoms with Crippen molar-refractivity contribution in [3.63, 3.8) is 0 Å². The zero-order chi connectivity index (χ0) is 14.8. The van der Waals surface area contributed by atoms with Crippen molar-refractivity contribution in [3.05, 3.63) is 18.7 Å². The number of carbonyl (C=O) groups is 1. The van der Waals surface area contributed by atoms with E-state index in [1.54, 1.807) is 0 Å². The molecule has 0 radical (unpaired) electrons. The van der Waals surface area contributed by atoms with Gasteiger partial charge in [0.15, 0.2) is 0 Å². The fraction of sp³-hybridized carbons (Fsp3) is 0.750. The maximum atomic E-state index is 12.7. The first-order valence-electron chi connectivity index (χ1n) is 8.16. The van der Waals surface area contributed by atoms with Crippen molar-refractivity contribution < 1.29 is 4.79 Å². The second-order valence-corrected chi connectivity index (χ2v) is 6.62. The molecule has 21 heavy (non-hydrogen) atoms. The highest BCUT2D eigenvalue weighted by molar-refractivity contribution is 5.74. The molecule has 1 aromatic heterocycles. The van der Waals surface area contributed by atoms with Crippen LogP contribution >= 0.6 is 0 Å². The van der Waals surface area contributed by atoms with Gasteiger partial charge in [-0.2, -0.15) is 0 Å². The maximum absolute atomic E-state index is 12.7. The Morgan fingerprint density at radius 2 is 2.05 bits per heavy atom. The second-order valence-electron chi connectivity index (χ2n) is 6.62. The highest BCUT2D eigenvalue weighted by atomic mass is 16.2. The third-order valence-corrected chi connectivity index (χ3v) is 5.27. The number of hydrogen-bond donors (Lipinski definition) is 0. The van der Waals surface area contributed by atoms with Crippen molar-refractivity contribution in [1.29, 1.82) is 0 Å². The third kappa shape index (κ3) is 2.92. The predicted octanol–water partition coefficient (Wildman–Crippen LogP) is 2.76. The van der Waals surface area contributed by atoms with E-state index in [9.17, 15) is 4.79 Å². The van der Waals surface area contributed by atoms with Crippen molar-refractivity contribution >= 4 is 6.03 Å². The fourth-order valence-electron chi connectivity index (χ4n) is 3.75. The Kier molecular flexibility index (Phi) is 4.17. The van der Waals surface area contributed by atoms with E-state index in [1.807, 2.05) is 35.6 Å². The largest absolute Gasteiger partial charge is 0.332 e. The molecular formula is C16H26N4O. The molecule has 1 aliphatic carbocycles. The molecule has 1 aliphatic heterocycles. The molecule has 0 spiro atoms. The van der Waals surface area contributed by atoms with E-state index in [1.165, 1.54) is 12.8 Å². The molecule has 2 atom stereocenters. The Labute approximate surface area is 126 Å². The third-order valence-electron chi connectivity index (χ3n) is 5.27. The van der Waals surface area contributed by atoms with Crippen molar-refractivity contribution in [2.75, 3.05) is 20.1 Å². The number of likely N-dealkylation sites (tertiary alicyclic amines) is 1. The van der Waals surface area contributed by atoms with Crippen LogP contribution in [0.15, 0.2) is 18.7 Å². The fourth-order valence-corrected chi connectivity index (χ4v) is 3.75. The number of piperidine rings is 1. The zero-order valence-electron chi connectivity index (χ0n) is 13.1. The number of urea groups is 1. The Bertz CT molecular complexity index is 467. The number of nitrogens with zero attached hydrogens (tertiary/aromatic N) is 4. The number of imidazole rings is 1. The average Bonchev–Trinajstić information content (AvgIpc) is 3.19. The van der Waals surface area contributed by atoms with E-state index in [-0.39, 0.29) is 6.03 Å². The molecule has 2 heterocycles. The van der Waals surface area contributed by atoms with Gasteiger partial charge < -0.3 is 14.4 Å². The van der Waals surface area contributed by atoms with Crippen LogP contribution in [-0.2, 0) is 0 Å². The SMILES string of the molecule is C[C@@H]1CCN(C(=O)N(C)C2CCCC2)C[C@H]1n1ccnc1. The summed E-state index contributed by atoms with van der Waals surface area (Å²) >= 11 is 0. The highest BCUT2D eigenvalue weighted by Gasteiger charge is 2.33.